The predicted octanol–water partition coefficient (Wildman–Crippen LogP) is 2.94. The zero-order valence-electron chi connectivity index (χ0n) is 12.5. The summed E-state index contributed by atoms with van der Waals surface area (Å²) in [4.78, 5) is 11.9. The third kappa shape index (κ3) is 3.79. The molecule has 0 unspecified atom stereocenters. The van der Waals surface area contributed by atoms with Crippen molar-refractivity contribution in [2.45, 2.75) is 27.3 Å². The van der Waals surface area contributed by atoms with Gasteiger partial charge in [0.15, 0.2) is 0 Å². The molecular weight excluding hydrogens is 351 g/mol. The molecule has 116 valence electrons. The fourth-order valence-electron chi connectivity index (χ4n) is 1.90. The molecule has 1 amide bonds. The summed E-state index contributed by atoms with van der Waals surface area (Å²) in [6, 6.07) is 5.92. The molecule has 1 heterocycles. The van der Waals surface area contributed by atoms with Gasteiger partial charge in [-0.25, -0.2) is 9.82 Å². The Kier molecular flexibility index (Phi) is 5.07. The number of halogens is 2. The molecule has 1 aromatic carbocycles. The molecule has 5 nitrogen and oxygen atoms in total. The third-order valence-corrected chi connectivity index (χ3v) is 4.34. The summed E-state index contributed by atoms with van der Waals surface area (Å²) in [6.07, 6.45) is 0. The normalized spacial score (nSPS) is 11.6. The van der Waals surface area contributed by atoms with Crippen LogP contribution < -0.4 is 5.43 Å². The van der Waals surface area contributed by atoms with E-state index in [2.05, 4.69) is 31.6 Å². The minimum atomic E-state index is -0.310. The molecule has 0 aliphatic heterocycles. The first-order valence-electron chi connectivity index (χ1n) is 6.67. The van der Waals surface area contributed by atoms with Crippen LogP contribution in [0.15, 0.2) is 33.8 Å². The Morgan fingerprint density at radius 3 is 2.55 bits per heavy atom. The highest BCUT2D eigenvalue weighted by Gasteiger charge is 2.11. The van der Waals surface area contributed by atoms with E-state index in [1.54, 1.807) is 23.7 Å². The smallest absolute Gasteiger partial charge is 0.261 e. The van der Waals surface area contributed by atoms with Crippen LogP contribution in [0.4, 0.5) is 4.39 Å². The number of nitrogens with zero attached hydrogens (tertiary/aromatic N) is 3. The Hall–Kier alpha value is -2.02. The van der Waals surface area contributed by atoms with Gasteiger partial charge < -0.3 is 0 Å². The van der Waals surface area contributed by atoms with Gasteiger partial charge in [-0.2, -0.15) is 10.2 Å². The fraction of sp³-hybridized carbons (Fsp3) is 0.267. The molecule has 2 rings (SSSR count). The molecule has 0 spiro atoms. The van der Waals surface area contributed by atoms with E-state index in [1.165, 1.54) is 12.1 Å². The van der Waals surface area contributed by atoms with Crippen LogP contribution in [0.5, 0.6) is 0 Å². The number of carbonyl (C=O) groups excluding carboxylic acids is 1. The SMILES string of the molecule is C/C(=N\NC(=O)Cn1nc(C)c(Br)c1C)c1ccc(F)cc1. The van der Waals surface area contributed by atoms with Gasteiger partial charge in [0.2, 0.25) is 0 Å². The highest BCUT2D eigenvalue weighted by atomic mass is 79.9. The average Bonchev–Trinajstić information content (AvgIpc) is 2.73. The van der Waals surface area contributed by atoms with E-state index < -0.39 is 0 Å². The van der Waals surface area contributed by atoms with Crippen molar-refractivity contribution >= 4 is 27.5 Å². The van der Waals surface area contributed by atoms with E-state index in [-0.39, 0.29) is 18.3 Å². The van der Waals surface area contributed by atoms with Crippen molar-refractivity contribution in [1.29, 1.82) is 0 Å². The fourth-order valence-corrected chi connectivity index (χ4v) is 2.19. The molecule has 0 saturated heterocycles. The number of hydrogen-bond acceptors (Lipinski definition) is 3. The number of benzene rings is 1. The maximum Gasteiger partial charge on any atom is 0.261 e. The van der Waals surface area contributed by atoms with Gasteiger partial charge in [0, 0.05) is 0 Å². The van der Waals surface area contributed by atoms with Crippen molar-refractivity contribution in [3.63, 3.8) is 0 Å². The minimum absolute atomic E-state index is 0.0818. The second-order valence-corrected chi connectivity index (χ2v) is 5.67. The van der Waals surface area contributed by atoms with Crippen LogP contribution in [-0.2, 0) is 11.3 Å². The zero-order chi connectivity index (χ0) is 16.3. The Morgan fingerprint density at radius 1 is 1.36 bits per heavy atom. The summed E-state index contributed by atoms with van der Waals surface area (Å²) in [6.45, 7) is 5.57. The number of nitrogens with one attached hydrogen (secondary N) is 1. The molecule has 2 aromatic rings. The second-order valence-electron chi connectivity index (χ2n) is 4.88. The van der Waals surface area contributed by atoms with Gasteiger partial charge in [-0.15, -0.1) is 0 Å². The van der Waals surface area contributed by atoms with E-state index in [0.717, 1.165) is 21.4 Å². The lowest BCUT2D eigenvalue weighted by molar-refractivity contribution is -0.121. The van der Waals surface area contributed by atoms with Gasteiger partial charge in [-0.1, -0.05) is 12.1 Å². The van der Waals surface area contributed by atoms with Crippen molar-refractivity contribution in [2.24, 2.45) is 5.10 Å². The van der Waals surface area contributed by atoms with Crippen LogP contribution in [0.25, 0.3) is 0 Å². The predicted molar refractivity (Wildman–Crippen MR) is 86.2 cm³/mol. The van der Waals surface area contributed by atoms with E-state index in [9.17, 15) is 9.18 Å². The lowest BCUT2D eigenvalue weighted by Gasteiger charge is -2.05. The van der Waals surface area contributed by atoms with Crippen LogP contribution in [0, 0.1) is 19.7 Å². The molecule has 0 radical (unpaired) electrons. The molecule has 0 aliphatic carbocycles. The molecule has 0 aliphatic rings. The summed E-state index contributed by atoms with van der Waals surface area (Å²) in [5.74, 6) is -0.588. The molecule has 0 fully saturated rings. The number of amides is 1. The first kappa shape index (κ1) is 16.4. The molecule has 1 N–H and O–H groups in total. The molecular formula is C15H16BrFN4O. The largest absolute Gasteiger partial charge is 0.271 e. The average molecular weight is 367 g/mol. The Labute approximate surface area is 136 Å². The second kappa shape index (κ2) is 6.83. The number of hydrazone groups is 1. The lowest BCUT2D eigenvalue weighted by atomic mass is 10.1. The summed E-state index contributed by atoms with van der Waals surface area (Å²) >= 11 is 3.42. The van der Waals surface area contributed by atoms with E-state index in [1.807, 2.05) is 13.8 Å². The number of aryl methyl sites for hydroxylation is 1. The van der Waals surface area contributed by atoms with E-state index in [0.29, 0.717) is 5.71 Å². The highest BCUT2D eigenvalue weighted by Crippen LogP contribution is 2.19. The first-order chi connectivity index (χ1) is 10.4. The lowest BCUT2D eigenvalue weighted by Crippen LogP contribution is -2.25. The van der Waals surface area contributed by atoms with Crippen LogP contribution in [0.2, 0.25) is 0 Å². The zero-order valence-corrected chi connectivity index (χ0v) is 14.1. The molecule has 0 saturated carbocycles. The Balaban J connectivity index is 2.01. The summed E-state index contributed by atoms with van der Waals surface area (Å²) < 4.78 is 15.4. The van der Waals surface area contributed by atoms with E-state index in [4.69, 9.17) is 0 Å². The van der Waals surface area contributed by atoms with Gasteiger partial charge in [-0.05, 0) is 54.4 Å². The van der Waals surface area contributed by atoms with Crippen molar-refractivity contribution in [3.8, 4) is 0 Å². The van der Waals surface area contributed by atoms with Gasteiger partial charge in [-0.3, -0.25) is 9.48 Å². The molecule has 0 bridgehead atoms. The van der Waals surface area contributed by atoms with Gasteiger partial charge in [0.1, 0.15) is 12.4 Å². The van der Waals surface area contributed by atoms with Crippen LogP contribution in [-0.4, -0.2) is 21.4 Å². The molecule has 22 heavy (non-hydrogen) atoms. The number of carbonyl (C=O) groups is 1. The highest BCUT2D eigenvalue weighted by molar-refractivity contribution is 9.10. The van der Waals surface area contributed by atoms with Gasteiger partial charge in [0.05, 0.1) is 21.6 Å². The molecule has 0 atom stereocenters. The summed E-state index contributed by atoms with van der Waals surface area (Å²) in [7, 11) is 0. The number of rotatable bonds is 4. The van der Waals surface area contributed by atoms with Gasteiger partial charge in [0.25, 0.3) is 5.91 Å². The maximum atomic E-state index is 12.9. The van der Waals surface area contributed by atoms with Gasteiger partial charge >= 0.3 is 0 Å². The van der Waals surface area contributed by atoms with Crippen molar-refractivity contribution in [3.05, 3.63) is 51.5 Å². The van der Waals surface area contributed by atoms with Crippen molar-refractivity contribution in [1.82, 2.24) is 15.2 Å². The quantitative estimate of drug-likeness (QED) is 0.667. The molecule has 1 aromatic heterocycles. The summed E-state index contributed by atoms with van der Waals surface area (Å²) in [5, 5.41) is 8.28. The topological polar surface area (TPSA) is 59.3 Å². The third-order valence-electron chi connectivity index (χ3n) is 3.20. The minimum Gasteiger partial charge on any atom is -0.271 e. The van der Waals surface area contributed by atoms with Crippen LogP contribution >= 0.6 is 15.9 Å². The Bertz CT molecular complexity index is 722. The van der Waals surface area contributed by atoms with E-state index >= 15 is 0 Å². The maximum absolute atomic E-state index is 12.9. The van der Waals surface area contributed by atoms with Crippen molar-refractivity contribution < 1.29 is 9.18 Å². The number of hydrogen-bond donors (Lipinski definition) is 1. The molecule has 7 heteroatoms. The summed E-state index contributed by atoms with van der Waals surface area (Å²) in [5.41, 5.74) is 5.54. The van der Waals surface area contributed by atoms with Crippen molar-refractivity contribution in [2.75, 3.05) is 0 Å². The first-order valence-corrected chi connectivity index (χ1v) is 7.46. The Morgan fingerprint density at radius 2 is 2.00 bits per heavy atom. The standard InChI is InChI=1S/C15H16BrFN4O/c1-9(12-4-6-13(17)7-5-12)18-19-14(22)8-21-11(3)15(16)10(2)20-21/h4-7H,8H2,1-3H3,(H,19,22)/b18-9+. The number of aromatic nitrogens is 2. The monoisotopic (exact) mass is 366 g/mol. The van der Waals surface area contributed by atoms with Crippen LogP contribution in [0.1, 0.15) is 23.9 Å². The van der Waals surface area contributed by atoms with Crippen LogP contribution in [0.3, 0.4) is 0 Å².